The molecule has 12 unspecified atom stereocenters. The Balaban J connectivity index is 0.652. The maximum absolute atomic E-state index is 16.7. The van der Waals surface area contributed by atoms with Crippen LogP contribution in [0.25, 0.3) is 33.5 Å². The van der Waals surface area contributed by atoms with Crippen molar-refractivity contribution in [2.24, 2.45) is 17.8 Å². The highest BCUT2D eigenvalue weighted by Crippen LogP contribution is 2.45. The second kappa shape index (κ2) is 32.8. The highest BCUT2D eigenvalue weighted by molar-refractivity contribution is 6.35. The van der Waals surface area contributed by atoms with Gasteiger partial charge in [-0.25, -0.2) is 48.3 Å². The molecule has 6 fully saturated rings. The number of halogens is 6. The van der Waals surface area contributed by atoms with Gasteiger partial charge in [-0.15, -0.1) is 0 Å². The number of aromatic nitrogens is 12. The van der Waals surface area contributed by atoms with Crippen molar-refractivity contribution in [3.05, 3.63) is 138 Å². The summed E-state index contributed by atoms with van der Waals surface area (Å²) in [6, 6.07) is 15.6. The van der Waals surface area contributed by atoms with Crippen molar-refractivity contribution in [3.63, 3.8) is 0 Å². The molecule has 24 nitrogen and oxygen atoms in total. The number of likely N-dealkylation sites (tertiary alicyclic amines) is 3. The summed E-state index contributed by atoms with van der Waals surface area (Å²) in [6.07, 6.45) is 16.2. The Hall–Kier alpha value is -7.62. The van der Waals surface area contributed by atoms with Gasteiger partial charge in [0.25, 0.3) is 0 Å². The molecule has 6 aromatic heterocycles. The summed E-state index contributed by atoms with van der Waals surface area (Å²) < 4.78 is 22.5. The Labute approximate surface area is 664 Å². The van der Waals surface area contributed by atoms with Crippen molar-refractivity contribution in [2.45, 2.75) is 211 Å². The number of piperidine rings is 3. The maximum Gasteiger partial charge on any atom is 0.303 e. The summed E-state index contributed by atoms with van der Waals surface area (Å²) in [5.41, 5.74) is 8.24. The molecule has 6 aliphatic heterocycles. The van der Waals surface area contributed by atoms with Crippen LogP contribution in [0.3, 0.4) is 0 Å². The van der Waals surface area contributed by atoms with Crippen molar-refractivity contribution < 1.29 is 34.1 Å². The number of nitrogens with zero attached hydrogens (tertiary/aromatic N) is 18. The number of benzene rings is 3. The van der Waals surface area contributed by atoms with E-state index in [0.717, 1.165) is 130 Å². The summed E-state index contributed by atoms with van der Waals surface area (Å²) in [5.74, 6) is -0.233. The number of aliphatic carboxylic acids is 3. The molecule has 0 aliphatic carbocycles. The molecule has 3 aromatic carbocycles. The van der Waals surface area contributed by atoms with Gasteiger partial charge in [0.05, 0.1) is 53.8 Å². The Morgan fingerprint density at radius 1 is 0.509 bits per heavy atom. The minimum atomic E-state index is -0.849. The smallest absolute Gasteiger partial charge is 0.303 e. The molecule has 0 saturated carbocycles. The molecule has 0 spiro atoms. The molecule has 12 heterocycles. The molecule has 30 heteroatoms. The average molecular weight is 1600 g/mol. The van der Waals surface area contributed by atoms with E-state index in [-0.39, 0.29) is 84.3 Å². The van der Waals surface area contributed by atoms with Gasteiger partial charge < -0.3 is 30.0 Å². The van der Waals surface area contributed by atoms with Crippen LogP contribution in [0.5, 0.6) is 0 Å². The zero-order valence-corrected chi connectivity index (χ0v) is 66.8. The quantitative estimate of drug-likeness (QED) is 0.0480. The van der Waals surface area contributed by atoms with E-state index >= 15 is 4.39 Å². The van der Waals surface area contributed by atoms with Crippen LogP contribution in [0.15, 0.2) is 73.2 Å². The van der Waals surface area contributed by atoms with E-state index in [1.54, 1.807) is 24.3 Å². The molecule has 3 N–H and O–H groups in total. The molecule has 12 atom stereocenters. The predicted molar refractivity (Wildman–Crippen MR) is 426 cm³/mol. The Morgan fingerprint density at radius 3 is 1.51 bits per heavy atom. The van der Waals surface area contributed by atoms with Crippen molar-refractivity contribution in [3.8, 4) is 0 Å². The number of fused-ring (bicyclic) bond motifs is 3. The maximum atomic E-state index is 16.7. The number of anilines is 3. The highest BCUT2D eigenvalue weighted by atomic mass is 35.5. The predicted octanol–water partition coefficient (Wildman–Crippen LogP) is 15.4. The fourth-order valence-corrected chi connectivity index (χ4v) is 20.8. The van der Waals surface area contributed by atoms with Crippen LogP contribution >= 0.6 is 58.0 Å². The molecule has 15 rings (SSSR count). The average Bonchev–Trinajstić information content (AvgIpc) is 1.61. The second-order valence-electron chi connectivity index (χ2n) is 31.9. The first-order valence-electron chi connectivity index (χ1n) is 39.1. The molecule has 6 aliphatic rings. The van der Waals surface area contributed by atoms with Crippen molar-refractivity contribution in [1.82, 2.24) is 73.9 Å². The Morgan fingerprint density at radius 2 is 0.973 bits per heavy atom. The topological polar surface area (TPSA) is 262 Å². The molecule has 110 heavy (non-hydrogen) atoms. The third-order valence-electron chi connectivity index (χ3n) is 24.9. The summed E-state index contributed by atoms with van der Waals surface area (Å²) >= 11 is 33.4. The molecule has 9 aromatic rings. The molecule has 0 radical (unpaired) electrons. The lowest BCUT2D eigenvalue weighted by Crippen LogP contribution is -2.52. The van der Waals surface area contributed by atoms with Crippen LogP contribution in [0.2, 0.25) is 25.1 Å². The zero-order valence-electron chi connectivity index (χ0n) is 63.0. The lowest BCUT2D eigenvalue weighted by Gasteiger charge is -2.43. The van der Waals surface area contributed by atoms with Crippen LogP contribution < -0.4 is 14.7 Å². The largest absolute Gasteiger partial charge is 0.481 e. The van der Waals surface area contributed by atoms with E-state index in [1.807, 2.05) is 84.6 Å². The lowest BCUT2D eigenvalue weighted by molar-refractivity contribution is -0.138. The van der Waals surface area contributed by atoms with Gasteiger partial charge in [0, 0.05) is 138 Å². The van der Waals surface area contributed by atoms with Gasteiger partial charge in [-0.05, 0) is 196 Å². The van der Waals surface area contributed by atoms with E-state index < -0.39 is 35.8 Å². The number of carbonyl (C=O) groups is 3. The van der Waals surface area contributed by atoms with Crippen LogP contribution in [0.4, 0.5) is 21.8 Å². The van der Waals surface area contributed by atoms with Crippen molar-refractivity contribution in [2.75, 3.05) is 67.1 Å². The first-order valence-corrected chi connectivity index (χ1v) is 41.0. The van der Waals surface area contributed by atoms with E-state index in [0.29, 0.717) is 123 Å². The Kier molecular flexibility index (Phi) is 23.2. The number of aryl methyl sites for hydroxylation is 3. The third-order valence-corrected chi connectivity index (χ3v) is 26.2. The van der Waals surface area contributed by atoms with Crippen molar-refractivity contribution in [1.29, 1.82) is 0 Å². The van der Waals surface area contributed by atoms with Crippen LogP contribution in [0.1, 0.15) is 182 Å². The van der Waals surface area contributed by atoms with Gasteiger partial charge in [-0.1, -0.05) is 83.1 Å². The van der Waals surface area contributed by atoms with Gasteiger partial charge >= 0.3 is 17.9 Å². The van der Waals surface area contributed by atoms with Gasteiger partial charge in [-0.3, -0.25) is 29.1 Å². The minimum absolute atomic E-state index is 0.00486. The van der Waals surface area contributed by atoms with Gasteiger partial charge in [-0.2, -0.15) is 15.3 Å². The van der Waals surface area contributed by atoms with Gasteiger partial charge in [0.15, 0.2) is 16.9 Å². The molecular formula is C80H96Cl5FN18O6. The van der Waals surface area contributed by atoms with E-state index in [9.17, 15) is 29.7 Å². The summed E-state index contributed by atoms with van der Waals surface area (Å²) in [7, 11) is 0. The standard InChI is InChI=1S/C80H96Cl5FN18O6/c1-44-41-97(28-24-66(44)99-25-7-8-55(99)12-18-72(105)106)70-39-88-76-47(4)95-104(79(76)91-70)68(62-17-11-54(83)37-65(62)86)34-51-32-58(14-20-74(109)110)101(43-51)59-23-29-98(45(2)30-59)71-40-89-77-48(5)94-103(80(77)92-71)67(61-16-10-53(82)36-64(61)85)33-50-31-57(13-19-73(107)108)100(42-50)56-21-26-96(27-22-56)69-38-87-75-46(3)93-102(78(75)90-69)49(6)60-15-9-52(81)35-63(60)84/h9-11,15-17,35-40,44-45,49-51,55-59,66-68H,7-8,12-14,18-34,41-43H2,1-6H3,(H,105,106)(H,107,108)(H,109,110). The molecule has 0 bridgehead atoms. The second-order valence-corrected chi connectivity index (χ2v) is 34.0. The van der Waals surface area contributed by atoms with Crippen LogP contribution in [0, 0.1) is 44.3 Å². The minimum Gasteiger partial charge on any atom is -0.481 e. The van der Waals surface area contributed by atoms with Gasteiger partial charge in [0.2, 0.25) is 0 Å². The van der Waals surface area contributed by atoms with Crippen molar-refractivity contribution >= 4 is 127 Å². The fraction of sp³-hybridized carbons (Fsp3) is 0.550. The first-order chi connectivity index (χ1) is 52.9. The first kappa shape index (κ1) is 77.7. The zero-order chi connectivity index (χ0) is 77.1. The van der Waals surface area contributed by atoms with E-state index in [1.165, 1.54) is 6.07 Å². The molecular weight excluding hydrogens is 1510 g/mol. The van der Waals surface area contributed by atoms with Crippen LogP contribution in [-0.2, 0) is 14.4 Å². The normalized spacial score (nSPS) is 24.2. The number of carboxylic acids is 3. The monoisotopic (exact) mass is 1600 g/mol. The summed E-state index contributed by atoms with van der Waals surface area (Å²) in [5, 5.41) is 47.5. The van der Waals surface area contributed by atoms with E-state index in [2.05, 4.69) is 43.2 Å². The van der Waals surface area contributed by atoms with Crippen LogP contribution in [-0.4, -0.2) is 202 Å². The van der Waals surface area contributed by atoms with Gasteiger partial charge in [0.1, 0.15) is 39.8 Å². The number of hydrogen-bond donors (Lipinski definition) is 3. The fourth-order valence-electron chi connectivity index (χ4n) is 19.5. The lowest BCUT2D eigenvalue weighted by atomic mass is 9.91. The molecule has 0 amide bonds. The Bertz CT molecular complexity index is 4900. The van der Waals surface area contributed by atoms with E-state index in [4.69, 9.17) is 103 Å². The number of carboxylic acid groups (broad SMARTS) is 3. The summed E-state index contributed by atoms with van der Waals surface area (Å²) in [6.45, 7) is 18.4. The SMILES string of the molecule is Cc1nn(C(C)c2ccc(Cl)cc2Cl)c2nc(N3CCC(N4CC(CC(c5ccc(Cl)cc5Cl)n5nc(C)c6ncc(N7CCC(N8CC(CC(c9ccc(Cl)cc9F)n9nc(C)c%10ncc(N%11CCC(N%12CCCC%12CCC(=O)O)C(C)C%11)nc%109)CC8CCC(=O)O)CC7C)nc65)CC4CCC(=O)O)CC3)cnc12. The highest BCUT2D eigenvalue weighted by Gasteiger charge is 2.44. The summed E-state index contributed by atoms with van der Waals surface area (Å²) in [4.78, 5) is 81.9. The third kappa shape index (κ3) is 16.2. The molecule has 6 saturated heterocycles. The number of rotatable bonds is 25. The molecule has 584 valence electrons. The number of hydrogen-bond acceptors (Lipinski definition) is 18.